The van der Waals surface area contributed by atoms with Gasteiger partial charge in [0.15, 0.2) is 0 Å². The summed E-state index contributed by atoms with van der Waals surface area (Å²) in [7, 11) is 0. The first-order chi connectivity index (χ1) is 13.9. The first-order valence-corrected chi connectivity index (χ1v) is 11.3. The molecule has 0 radical (unpaired) electrons. The molecule has 1 fully saturated rings. The molecule has 1 unspecified atom stereocenters. The summed E-state index contributed by atoms with van der Waals surface area (Å²) in [6, 6.07) is 7.09. The minimum Gasteiger partial charge on any atom is -0.446 e. The fourth-order valence-corrected chi connectivity index (χ4v) is 3.57. The Bertz CT molecular complexity index is 762. The summed E-state index contributed by atoms with van der Waals surface area (Å²) in [4.78, 5) is 38.7. The summed E-state index contributed by atoms with van der Waals surface area (Å²) < 4.78 is 6.48. The van der Waals surface area contributed by atoms with Crippen LogP contribution in [0.4, 0.5) is 0 Å². The SMILES string of the molecule is CC(C)(C)NC(=O)C(OC(=O)C(C)(C)C(=O)NC1CCCCC1)c1ccc(Br)cc1. The van der Waals surface area contributed by atoms with E-state index in [4.69, 9.17) is 4.74 Å². The number of esters is 1. The maximum Gasteiger partial charge on any atom is 0.322 e. The van der Waals surface area contributed by atoms with Gasteiger partial charge >= 0.3 is 5.97 Å². The van der Waals surface area contributed by atoms with Crippen molar-refractivity contribution in [1.82, 2.24) is 10.6 Å². The molecule has 30 heavy (non-hydrogen) atoms. The molecule has 1 aromatic carbocycles. The van der Waals surface area contributed by atoms with Crippen LogP contribution in [-0.4, -0.2) is 29.4 Å². The highest BCUT2D eigenvalue weighted by Crippen LogP contribution is 2.27. The van der Waals surface area contributed by atoms with E-state index in [1.165, 1.54) is 20.3 Å². The molecule has 0 saturated heterocycles. The van der Waals surface area contributed by atoms with Gasteiger partial charge in [-0.2, -0.15) is 0 Å². The second-order valence-corrected chi connectivity index (χ2v) is 10.4. The van der Waals surface area contributed by atoms with Crippen molar-refractivity contribution in [1.29, 1.82) is 0 Å². The molecule has 7 heteroatoms. The van der Waals surface area contributed by atoms with Crippen LogP contribution in [-0.2, 0) is 19.1 Å². The zero-order chi connectivity index (χ0) is 22.5. The lowest BCUT2D eigenvalue weighted by molar-refractivity contribution is -0.168. The van der Waals surface area contributed by atoms with Crippen molar-refractivity contribution in [2.45, 2.75) is 84.4 Å². The van der Waals surface area contributed by atoms with E-state index in [0.717, 1.165) is 30.2 Å². The smallest absolute Gasteiger partial charge is 0.322 e. The van der Waals surface area contributed by atoms with Crippen LogP contribution in [0.5, 0.6) is 0 Å². The van der Waals surface area contributed by atoms with E-state index in [-0.39, 0.29) is 11.9 Å². The zero-order valence-electron chi connectivity index (χ0n) is 18.5. The Balaban J connectivity index is 2.17. The molecule has 2 amide bonds. The summed E-state index contributed by atoms with van der Waals surface area (Å²) in [6.45, 7) is 8.63. The highest BCUT2D eigenvalue weighted by atomic mass is 79.9. The number of rotatable bonds is 6. The first-order valence-electron chi connectivity index (χ1n) is 10.5. The van der Waals surface area contributed by atoms with E-state index in [0.29, 0.717) is 5.56 Å². The van der Waals surface area contributed by atoms with Gasteiger partial charge in [-0.15, -0.1) is 0 Å². The average molecular weight is 481 g/mol. The monoisotopic (exact) mass is 480 g/mol. The van der Waals surface area contributed by atoms with Gasteiger partial charge in [-0.1, -0.05) is 47.3 Å². The minimum atomic E-state index is -1.41. The Morgan fingerprint density at radius 1 is 1.00 bits per heavy atom. The number of nitrogens with one attached hydrogen (secondary N) is 2. The van der Waals surface area contributed by atoms with Crippen molar-refractivity contribution >= 4 is 33.7 Å². The van der Waals surface area contributed by atoms with Crippen LogP contribution in [0.2, 0.25) is 0 Å². The van der Waals surface area contributed by atoms with Crippen molar-refractivity contribution in [2.75, 3.05) is 0 Å². The third kappa shape index (κ3) is 6.83. The van der Waals surface area contributed by atoms with Gasteiger partial charge in [-0.25, -0.2) is 0 Å². The second kappa shape index (κ2) is 9.94. The number of carbonyl (C=O) groups excluding carboxylic acids is 3. The number of ether oxygens (including phenoxy) is 1. The van der Waals surface area contributed by atoms with Gasteiger partial charge in [-0.3, -0.25) is 14.4 Å². The molecule has 1 saturated carbocycles. The number of benzene rings is 1. The Labute approximate surface area is 187 Å². The molecule has 1 aromatic rings. The van der Waals surface area contributed by atoms with Crippen molar-refractivity contribution in [2.24, 2.45) is 5.41 Å². The molecule has 1 aliphatic rings. The quantitative estimate of drug-likeness (QED) is 0.465. The van der Waals surface area contributed by atoms with Crippen molar-refractivity contribution in [3.63, 3.8) is 0 Å². The van der Waals surface area contributed by atoms with Gasteiger partial charge in [-0.05, 0) is 59.6 Å². The molecule has 0 aliphatic heterocycles. The summed E-state index contributed by atoms with van der Waals surface area (Å²) in [6.07, 6.45) is 4.03. The lowest BCUT2D eigenvalue weighted by atomic mass is 9.89. The van der Waals surface area contributed by atoms with Gasteiger partial charge < -0.3 is 15.4 Å². The Hall–Kier alpha value is -1.89. The fourth-order valence-electron chi connectivity index (χ4n) is 3.31. The van der Waals surface area contributed by atoms with E-state index in [9.17, 15) is 14.4 Å². The summed E-state index contributed by atoms with van der Waals surface area (Å²) in [5.74, 6) is -1.53. The maximum atomic E-state index is 13.0. The Morgan fingerprint density at radius 2 is 1.57 bits per heavy atom. The normalized spacial score (nSPS) is 16.5. The lowest BCUT2D eigenvalue weighted by Crippen LogP contribution is -2.49. The van der Waals surface area contributed by atoms with Gasteiger partial charge in [0.1, 0.15) is 5.41 Å². The fraction of sp³-hybridized carbons (Fsp3) is 0.609. The van der Waals surface area contributed by atoms with Crippen LogP contribution in [0, 0.1) is 5.41 Å². The standard InChI is InChI=1S/C23H33BrN2O4/c1-22(2,3)26-19(27)18(15-11-13-16(24)14-12-15)30-21(29)23(4,5)20(28)25-17-9-7-6-8-10-17/h11-14,17-18H,6-10H2,1-5H3,(H,25,28)(H,26,27). The van der Waals surface area contributed by atoms with Gasteiger partial charge in [0.25, 0.3) is 5.91 Å². The maximum absolute atomic E-state index is 13.0. The minimum absolute atomic E-state index is 0.0878. The van der Waals surface area contributed by atoms with E-state index in [1.54, 1.807) is 24.3 Å². The Kier molecular flexibility index (Phi) is 8.08. The second-order valence-electron chi connectivity index (χ2n) is 9.51. The van der Waals surface area contributed by atoms with Crippen LogP contribution in [0.3, 0.4) is 0 Å². The van der Waals surface area contributed by atoms with Crippen LogP contribution in [0.15, 0.2) is 28.7 Å². The highest BCUT2D eigenvalue weighted by Gasteiger charge is 2.41. The number of hydrogen-bond donors (Lipinski definition) is 2. The van der Waals surface area contributed by atoms with Crippen LogP contribution < -0.4 is 10.6 Å². The molecule has 2 rings (SSSR count). The van der Waals surface area contributed by atoms with Crippen LogP contribution in [0.25, 0.3) is 0 Å². The highest BCUT2D eigenvalue weighted by molar-refractivity contribution is 9.10. The topological polar surface area (TPSA) is 84.5 Å². The molecule has 0 bridgehead atoms. The van der Waals surface area contributed by atoms with E-state index >= 15 is 0 Å². The molecule has 6 nitrogen and oxygen atoms in total. The Morgan fingerprint density at radius 3 is 2.10 bits per heavy atom. The summed E-state index contributed by atoms with van der Waals surface area (Å²) in [5.41, 5.74) is -1.37. The van der Waals surface area contributed by atoms with Gasteiger partial charge in [0.2, 0.25) is 12.0 Å². The molecule has 1 atom stereocenters. The van der Waals surface area contributed by atoms with Crippen LogP contribution in [0.1, 0.15) is 78.4 Å². The third-order valence-corrected chi connectivity index (χ3v) is 5.68. The van der Waals surface area contributed by atoms with Crippen molar-refractivity contribution < 1.29 is 19.1 Å². The first kappa shape index (κ1) is 24.4. The zero-order valence-corrected chi connectivity index (χ0v) is 20.1. The van der Waals surface area contributed by atoms with E-state index in [2.05, 4.69) is 26.6 Å². The van der Waals surface area contributed by atoms with Gasteiger partial charge in [0.05, 0.1) is 0 Å². The third-order valence-electron chi connectivity index (χ3n) is 5.15. The predicted octanol–water partition coefficient (Wildman–Crippen LogP) is 4.42. The molecule has 166 valence electrons. The lowest BCUT2D eigenvalue weighted by Gasteiger charge is -2.30. The molecular weight excluding hydrogens is 448 g/mol. The largest absolute Gasteiger partial charge is 0.446 e. The molecule has 0 heterocycles. The van der Waals surface area contributed by atoms with Crippen molar-refractivity contribution in [3.8, 4) is 0 Å². The molecule has 1 aliphatic carbocycles. The average Bonchev–Trinajstić information content (AvgIpc) is 2.66. The van der Waals surface area contributed by atoms with Gasteiger partial charge in [0, 0.05) is 21.6 Å². The van der Waals surface area contributed by atoms with Crippen LogP contribution >= 0.6 is 15.9 Å². The van der Waals surface area contributed by atoms with E-state index < -0.39 is 28.9 Å². The predicted molar refractivity (Wildman–Crippen MR) is 120 cm³/mol. The molecule has 2 N–H and O–H groups in total. The molecular formula is C23H33BrN2O4. The number of amides is 2. The number of carbonyl (C=O) groups is 3. The molecule has 0 aromatic heterocycles. The summed E-state index contributed by atoms with van der Waals surface area (Å²) >= 11 is 3.37. The number of halogens is 1. The summed E-state index contributed by atoms with van der Waals surface area (Å²) in [5, 5.41) is 5.84. The number of hydrogen-bond acceptors (Lipinski definition) is 4. The van der Waals surface area contributed by atoms with Crippen molar-refractivity contribution in [3.05, 3.63) is 34.3 Å². The van der Waals surface area contributed by atoms with E-state index in [1.807, 2.05) is 20.8 Å². The molecule has 0 spiro atoms.